The largest absolute Gasteiger partial charge is 0.353 e. The Bertz CT molecular complexity index is 511. The summed E-state index contributed by atoms with van der Waals surface area (Å²) in [5, 5.41) is 3.19. The average Bonchev–Trinajstić information content (AvgIpc) is 2.39. The molecule has 3 N–H and O–H groups in total. The first kappa shape index (κ1) is 17.2. The van der Waals surface area contributed by atoms with Crippen LogP contribution in [-0.4, -0.2) is 18.0 Å². The van der Waals surface area contributed by atoms with Crippen molar-refractivity contribution in [2.24, 2.45) is 17.6 Å². The van der Waals surface area contributed by atoms with E-state index in [1.807, 2.05) is 0 Å². The molecule has 3 rings (SSSR count). The summed E-state index contributed by atoms with van der Waals surface area (Å²) < 4.78 is 13.2. The number of carbonyl (C=O) groups excluding carboxylic acids is 1. The molecule has 1 aromatic rings. The molecule has 0 aliphatic heterocycles. The number of hydrogen-bond donors (Lipinski definition) is 2. The number of amides is 1. The number of halogens is 2. The molecule has 1 aromatic carbocycles. The SMILES string of the molecule is Cl.NC1CC2CCCC(C1)C2NC(=O)Cc1cccc(F)c1. The highest BCUT2D eigenvalue weighted by atomic mass is 35.5. The molecule has 2 fully saturated rings. The van der Waals surface area contributed by atoms with Crippen LogP contribution < -0.4 is 11.1 Å². The number of carbonyl (C=O) groups is 1. The maximum absolute atomic E-state index is 13.2. The molecule has 0 radical (unpaired) electrons. The summed E-state index contributed by atoms with van der Waals surface area (Å²) in [6.07, 6.45) is 5.85. The molecule has 2 aliphatic rings. The first-order valence-electron chi connectivity index (χ1n) is 7.91. The maximum Gasteiger partial charge on any atom is 0.224 e. The van der Waals surface area contributed by atoms with E-state index in [4.69, 9.17) is 5.73 Å². The topological polar surface area (TPSA) is 55.1 Å². The molecule has 0 aromatic heterocycles. The summed E-state index contributed by atoms with van der Waals surface area (Å²) in [6, 6.07) is 6.81. The molecule has 2 saturated carbocycles. The van der Waals surface area contributed by atoms with Crippen molar-refractivity contribution in [3.05, 3.63) is 35.6 Å². The fraction of sp³-hybridized carbons (Fsp3) is 0.588. The first-order valence-corrected chi connectivity index (χ1v) is 7.91. The van der Waals surface area contributed by atoms with Crippen LogP contribution >= 0.6 is 12.4 Å². The molecule has 0 heterocycles. The van der Waals surface area contributed by atoms with Crippen LogP contribution in [0.15, 0.2) is 24.3 Å². The van der Waals surface area contributed by atoms with Crippen LogP contribution in [0, 0.1) is 17.7 Å². The molecule has 22 heavy (non-hydrogen) atoms. The normalized spacial score (nSPS) is 30.3. The van der Waals surface area contributed by atoms with Crippen molar-refractivity contribution in [1.82, 2.24) is 5.32 Å². The van der Waals surface area contributed by atoms with Crippen molar-refractivity contribution >= 4 is 18.3 Å². The minimum atomic E-state index is -0.291. The van der Waals surface area contributed by atoms with E-state index in [9.17, 15) is 9.18 Å². The van der Waals surface area contributed by atoms with Gasteiger partial charge in [0.25, 0.3) is 0 Å². The first-order chi connectivity index (χ1) is 10.1. The summed E-state index contributed by atoms with van der Waals surface area (Å²) in [7, 11) is 0. The van der Waals surface area contributed by atoms with E-state index in [1.54, 1.807) is 12.1 Å². The van der Waals surface area contributed by atoms with Gasteiger partial charge in [0.1, 0.15) is 5.82 Å². The molecule has 0 spiro atoms. The Hall–Kier alpha value is -1.13. The van der Waals surface area contributed by atoms with Gasteiger partial charge in [0.15, 0.2) is 0 Å². The fourth-order valence-corrected chi connectivity index (χ4v) is 4.09. The Morgan fingerprint density at radius 2 is 1.95 bits per heavy atom. The zero-order valence-electron chi connectivity index (χ0n) is 12.6. The van der Waals surface area contributed by atoms with Crippen LogP contribution in [0.2, 0.25) is 0 Å². The quantitative estimate of drug-likeness (QED) is 0.897. The fourth-order valence-electron chi connectivity index (χ4n) is 4.09. The van der Waals surface area contributed by atoms with Crippen LogP contribution in [0.25, 0.3) is 0 Å². The lowest BCUT2D eigenvalue weighted by molar-refractivity contribution is -0.122. The zero-order chi connectivity index (χ0) is 14.8. The predicted molar refractivity (Wildman–Crippen MR) is 87.3 cm³/mol. The highest BCUT2D eigenvalue weighted by molar-refractivity contribution is 5.85. The van der Waals surface area contributed by atoms with E-state index in [2.05, 4.69) is 5.32 Å². The summed E-state index contributed by atoms with van der Waals surface area (Å²) >= 11 is 0. The summed E-state index contributed by atoms with van der Waals surface area (Å²) in [5.74, 6) is 0.742. The zero-order valence-corrected chi connectivity index (χ0v) is 13.4. The van der Waals surface area contributed by atoms with Crippen LogP contribution in [-0.2, 0) is 11.2 Å². The molecule has 0 saturated heterocycles. The van der Waals surface area contributed by atoms with E-state index >= 15 is 0 Å². The number of hydrogen-bond acceptors (Lipinski definition) is 2. The second-order valence-electron chi connectivity index (χ2n) is 6.58. The monoisotopic (exact) mass is 326 g/mol. The Labute approximate surface area is 137 Å². The van der Waals surface area contributed by atoms with Gasteiger partial charge in [-0.1, -0.05) is 18.6 Å². The van der Waals surface area contributed by atoms with E-state index in [0.29, 0.717) is 11.8 Å². The Kier molecular flexibility index (Phi) is 5.81. The second-order valence-corrected chi connectivity index (χ2v) is 6.58. The summed E-state index contributed by atoms with van der Waals surface area (Å²) in [4.78, 5) is 12.2. The molecule has 1 amide bonds. The lowest BCUT2D eigenvalue weighted by Crippen LogP contribution is -2.54. The van der Waals surface area contributed by atoms with Gasteiger partial charge in [-0.3, -0.25) is 4.79 Å². The van der Waals surface area contributed by atoms with Crippen LogP contribution in [0.3, 0.4) is 0 Å². The van der Waals surface area contributed by atoms with E-state index < -0.39 is 0 Å². The average molecular weight is 327 g/mol. The van der Waals surface area contributed by atoms with Gasteiger partial charge < -0.3 is 11.1 Å². The van der Waals surface area contributed by atoms with Crippen molar-refractivity contribution in [1.29, 1.82) is 0 Å². The van der Waals surface area contributed by atoms with Gasteiger partial charge in [0, 0.05) is 12.1 Å². The van der Waals surface area contributed by atoms with Crippen LogP contribution in [0.1, 0.15) is 37.7 Å². The second kappa shape index (κ2) is 7.42. The predicted octanol–water partition coefficient (Wildman–Crippen LogP) is 2.81. The highest BCUT2D eigenvalue weighted by Gasteiger charge is 2.39. The third-order valence-corrected chi connectivity index (χ3v) is 4.96. The van der Waals surface area contributed by atoms with Crippen molar-refractivity contribution < 1.29 is 9.18 Å². The van der Waals surface area contributed by atoms with Gasteiger partial charge in [0.05, 0.1) is 6.42 Å². The maximum atomic E-state index is 13.2. The molecule has 2 bridgehead atoms. The Morgan fingerprint density at radius 1 is 1.27 bits per heavy atom. The van der Waals surface area contributed by atoms with E-state index in [1.165, 1.54) is 18.6 Å². The highest BCUT2D eigenvalue weighted by Crippen LogP contribution is 2.39. The van der Waals surface area contributed by atoms with Crippen LogP contribution in [0.4, 0.5) is 4.39 Å². The van der Waals surface area contributed by atoms with Crippen molar-refractivity contribution in [2.45, 2.75) is 50.6 Å². The lowest BCUT2D eigenvalue weighted by Gasteiger charge is -2.45. The number of nitrogens with two attached hydrogens (primary N) is 1. The molecule has 5 heteroatoms. The van der Waals surface area contributed by atoms with Crippen molar-refractivity contribution in [3.8, 4) is 0 Å². The number of fused-ring (bicyclic) bond motifs is 2. The molecular formula is C17H24ClFN2O. The lowest BCUT2D eigenvalue weighted by atomic mass is 9.67. The minimum Gasteiger partial charge on any atom is -0.353 e. The molecular weight excluding hydrogens is 303 g/mol. The number of nitrogens with one attached hydrogen (secondary N) is 1. The third-order valence-electron chi connectivity index (χ3n) is 4.96. The van der Waals surface area contributed by atoms with Gasteiger partial charge in [-0.2, -0.15) is 0 Å². The molecule has 2 unspecified atom stereocenters. The van der Waals surface area contributed by atoms with E-state index in [0.717, 1.165) is 31.2 Å². The molecule has 2 atom stereocenters. The van der Waals surface area contributed by atoms with Gasteiger partial charge in [-0.05, 0) is 55.2 Å². The molecule has 2 aliphatic carbocycles. The Morgan fingerprint density at radius 3 is 2.59 bits per heavy atom. The van der Waals surface area contributed by atoms with Crippen molar-refractivity contribution in [2.75, 3.05) is 0 Å². The number of benzene rings is 1. The van der Waals surface area contributed by atoms with Crippen molar-refractivity contribution in [3.63, 3.8) is 0 Å². The summed E-state index contributed by atoms with van der Waals surface area (Å²) in [6.45, 7) is 0. The third kappa shape index (κ3) is 3.99. The standard InChI is InChI=1S/C17H23FN2O.ClH/c18-14-6-1-3-11(7-14)8-16(21)20-17-12-4-2-5-13(17)10-15(19)9-12;/h1,3,6-7,12-13,15,17H,2,4-5,8-10,19H2,(H,20,21);1H. The Balaban J connectivity index is 0.00000176. The van der Waals surface area contributed by atoms with Gasteiger partial charge >= 0.3 is 0 Å². The van der Waals surface area contributed by atoms with Gasteiger partial charge in [0.2, 0.25) is 5.91 Å². The molecule has 3 nitrogen and oxygen atoms in total. The van der Waals surface area contributed by atoms with E-state index in [-0.39, 0.29) is 42.6 Å². The number of rotatable bonds is 3. The van der Waals surface area contributed by atoms with Gasteiger partial charge in [-0.15, -0.1) is 12.4 Å². The van der Waals surface area contributed by atoms with Gasteiger partial charge in [-0.25, -0.2) is 4.39 Å². The molecule has 122 valence electrons. The summed E-state index contributed by atoms with van der Waals surface area (Å²) in [5.41, 5.74) is 6.83. The smallest absolute Gasteiger partial charge is 0.224 e. The minimum absolute atomic E-state index is 0. The van der Waals surface area contributed by atoms with Crippen LogP contribution in [0.5, 0.6) is 0 Å².